The summed E-state index contributed by atoms with van der Waals surface area (Å²) in [5.41, 5.74) is 0. The summed E-state index contributed by atoms with van der Waals surface area (Å²) in [5.74, 6) is -0.759. The van der Waals surface area contributed by atoms with E-state index in [4.69, 9.17) is 5.11 Å². The average molecular weight is 312 g/mol. The van der Waals surface area contributed by atoms with Crippen LogP contribution in [0.25, 0.3) is 0 Å². The molecular formula is C18H32O4. The van der Waals surface area contributed by atoms with E-state index in [1.165, 1.54) is 19.3 Å². The Kier molecular flexibility index (Phi) is 14.0. The molecule has 3 N–H and O–H groups in total. The van der Waals surface area contributed by atoms with Gasteiger partial charge in [-0.05, 0) is 44.9 Å². The highest BCUT2D eigenvalue weighted by molar-refractivity contribution is 5.66. The first kappa shape index (κ1) is 20.9. The number of hydrogen-bond donors (Lipinski definition) is 3. The van der Waals surface area contributed by atoms with E-state index in [-0.39, 0.29) is 6.42 Å². The van der Waals surface area contributed by atoms with Crippen LogP contribution in [0.2, 0.25) is 0 Å². The van der Waals surface area contributed by atoms with Crippen molar-refractivity contribution in [3.05, 3.63) is 24.3 Å². The Bertz CT molecular complexity index is 323. The second-order valence-corrected chi connectivity index (χ2v) is 5.68. The molecule has 0 heterocycles. The van der Waals surface area contributed by atoms with Gasteiger partial charge in [-0.3, -0.25) is 4.79 Å². The molecule has 0 aliphatic carbocycles. The van der Waals surface area contributed by atoms with Crippen LogP contribution in [0.15, 0.2) is 24.3 Å². The van der Waals surface area contributed by atoms with Gasteiger partial charge in [0.05, 0.1) is 12.2 Å². The number of carboxylic acids is 1. The zero-order valence-electron chi connectivity index (χ0n) is 13.8. The minimum absolute atomic E-state index is 0.208. The van der Waals surface area contributed by atoms with Crippen molar-refractivity contribution in [1.82, 2.24) is 0 Å². The molecule has 0 saturated carbocycles. The summed E-state index contributed by atoms with van der Waals surface area (Å²) in [7, 11) is 0. The third-order valence-electron chi connectivity index (χ3n) is 3.52. The maximum Gasteiger partial charge on any atom is 0.303 e. The van der Waals surface area contributed by atoms with E-state index >= 15 is 0 Å². The van der Waals surface area contributed by atoms with Crippen molar-refractivity contribution < 1.29 is 20.1 Å². The van der Waals surface area contributed by atoms with Gasteiger partial charge in [0.2, 0.25) is 0 Å². The molecule has 0 bridgehead atoms. The van der Waals surface area contributed by atoms with Crippen LogP contribution in [0.5, 0.6) is 0 Å². The topological polar surface area (TPSA) is 77.8 Å². The molecule has 0 rings (SSSR count). The van der Waals surface area contributed by atoms with E-state index in [0.717, 1.165) is 19.3 Å². The van der Waals surface area contributed by atoms with Crippen LogP contribution in [0.1, 0.15) is 71.1 Å². The summed E-state index contributed by atoms with van der Waals surface area (Å²) < 4.78 is 0. The maximum absolute atomic E-state index is 10.3. The van der Waals surface area contributed by atoms with E-state index in [1.54, 1.807) is 0 Å². The first-order valence-corrected chi connectivity index (χ1v) is 8.45. The first-order valence-electron chi connectivity index (χ1n) is 8.45. The van der Waals surface area contributed by atoms with Gasteiger partial charge in [-0.25, -0.2) is 0 Å². The van der Waals surface area contributed by atoms with Crippen LogP contribution in [0, 0.1) is 0 Å². The van der Waals surface area contributed by atoms with Gasteiger partial charge < -0.3 is 15.3 Å². The Labute approximate surface area is 134 Å². The predicted octanol–water partition coefficient (Wildman–Crippen LogP) is 3.83. The Balaban J connectivity index is 3.63. The summed E-state index contributed by atoms with van der Waals surface area (Å²) >= 11 is 0. The number of aliphatic hydroxyl groups excluding tert-OH is 2. The first-order chi connectivity index (χ1) is 10.6. The van der Waals surface area contributed by atoms with Crippen molar-refractivity contribution in [2.45, 2.75) is 83.3 Å². The van der Waals surface area contributed by atoms with Crippen LogP contribution in [-0.4, -0.2) is 33.5 Å². The van der Waals surface area contributed by atoms with Crippen molar-refractivity contribution in [3.8, 4) is 0 Å². The molecule has 0 amide bonds. The summed E-state index contributed by atoms with van der Waals surface area (Å²) in [6.45, 7) is 2.17. The normalized spacial score (nSPS) is 14.7. The second-order valence-electron chi connectivity index (χ2n) is 5.68. The van der Waals surface area contributed by atoms with Gasteiger partial charge in [-0.15, -0.1) is 0 Å². The molecule has 0 fully saturated rings. The molecule has 0 aromatic rings. The van der Waals surface area contributed by atoms with Crippen LogP contribution < -0.4 is 0 Å². The number of allylic oxidation sites excluding steroid dienone is 2. The number of unbranched alkanes of at least 4 members (excludes halogenated alkanes) is 5. The molecule has 4 nitrogen and oxygen atoms in total. The zero-order chi connectivity index (χ0) is 16.6. The van der Waals surface area contributed by atoms with Gasteiger partial charge in [0, 0.05) is 6.42 Å². The standard InChI is InChI=1S/C18H32O4/c1-2-3-4-5-7-10-13-16(19)17(20)14-11-8-6-9-12-15-18(21)22/h7-8,10-11,16-17,19-20H,2-6,9,12-15H2,1H3,(H,21,22)/b10-7-,11-8-/t16-,17-/m0/s1. The number of aliphatic carboxylic acids is 1. The van der Waals surface area contributed by atoms with Gasteiger partial charge in [0.1, 0.15) is 0 Å². The minimum Gasteiger partial charge on any atom is -0.481 e. The molecule has 22 heavy (non-hydrogen) atoms. The lowest BCUT2D eigenvalue weighted by Crippen LogP contribution is -2.24. The van der Waals surface area contributed by atoms with E-state index in [0.29, 0.717) is 19.3 Å². The molecule has 0 aromatic carbocycles. The molecule has 0 unspecified atom stereocenters. The van der Waals surface area contributed by atoms with Gasteiger partial charge >= 0.3 is 5.97 Å². The van der Waals surface area contributed by atoms with Crippen LogP contribution >= 0.6 is 0 Å². The van der Waals surface area contributed by atoms with Crippen molar-refractivity contribution >= 4 is 5.97 Å². The van der Waals surface area contributed by atoms with E-state index in [2.05, 4.69) is 13.0 Å². The highest BCUT2D eigenvalue weighted by Gasteiger charge is 2.12. The Morgan fingerprint density at radius 2 is 1.36 bits per heavy atom. The number of rotatable bonds is 14. The molecule has 0 radical (unpaired) electrons. The molecule has 0 spiro atoms. The summed E-state index contributed by atoms with van der Waals surface area (Å²) in [6, 6.07) is 0. The summed E-state index contributed by atoms with van der Waals surface area (Å²) in [4.78, 5) is 10.3. The van der Waals surface area contributed by atoms with Crippen LogP contribution in [0.3, 0.4) is 0 Å². The molecule has 0 aromatic heterocycles. The SMILES string of the molecule is CCCCC/C=C\C[C@H](O)[C@@H](O)C/C=C\CCCCC(=O)O. The lowest BCUT2D eigenvalue weighted by molar-refractivity contribution is -0.137. The quantitative estimate of drug-likeness (QED) is 0.336. The van der Waals surface area contributed by atoms with E-state index < -0.39 is 18.2 Å². The summed E-state index contributed by atoms with van der Waals surface area (Å²) in [6.07, 6.45) is 14.5. The third kappa shape index (κ3) is 13.8. The predicted molar refractivity (Wildman–Crippen MR) is 89.8 cm³/mol. The van der Waals surface area contributed by atoms with E-state index in [9.17, 15) is 15.0 Å². The molecule has 4 heteroatoms. The van der Waals surface area contributed by atoms with Crippen molar-refractivity contribution in [2.75, 3.05) is 0 Å². The highest BCUT2D eigenvalue weighted by Crippen LogP contribution is 2.08. The molecule has 128 valence electrons. The number of carboxylic acid groups (broad SMARTS) is 1. The molecule has 0 aliphatic rings. The van der Waals surface area contributed by atoms with Gasteiger partial charge in [-0.1, -0.05) is 44.1 Å². The molecular weight excluding hydrogens is 280 g/mol. The van der Waals surface area contributed by atoms with Crippen molar-refractivity contribution in [2.24, 2.45) is 0 Å². The maximum atomic E-state index is 10.3. The molecule has 0 aliphatic heterocycles. The molecule has 0 saturated heterocycles. The monoisotopic (exact) mass is 312 g/mol. The fourth-order valence-corrected chi connectivity index (χ4v) is 2.07. The smallest absolute Gasteiger partial charge is 0.303 e. The fourth-order valence-electron chi connectivity index (χ4n) is 2.07. The number of hydrogen-bond acceptors (Lipinski definition) is 3. The average Bonchev–Trinajstić information content (AvgIpc) is 2.49. The number of aliphatic hydroxyl groups is 2. The third-order valence-corrected chi connectivity index (χ3v) is 3.52. The largest absolute Gasteiger partial charge is 0.481 e. The molecule has 2 atom stereocenters. The Hall–Kier alpha value is -1.13. The lowest BCUT2D eigenvalue weighted by Gasteiger charge is -2.14. The van der Waals surface area contributed by atoms with Gasteiger partial charge in [0.25, 0.3) is 0 Å². The summed E-state index contributed by atoms with van der Waals surface area (Å²) in [5, 5.41) is 28.1. The Morgan fingerprint density at radius 1 is 0.864 bits per heavy atom. The zero-order valence-corrected chi connectivity index (χ0v) is 13.8. The highest BCUT2D eigenvalue weighted by atomic mass is 16.4. The minimum atomic E-state index is -0.759. The van der Waals surface area contributed by atoms with Crippen molar-refractivity contribution in [1.29, 1.82) is 0 Å². The van der Waals surface area contributed by atoms with Gasteiger partial charge in [-0.2, -0.15) is 0 Å². The Morgan fingerprint density at radius 3 is 1.82 bits per heavy atom. The van der Waals surface area contributed by atoms with Crippen LogP contribution in [0.4, 0.5) is 0 Å². The second kappa shape index (κ2) is 14.8. The lowest BCUT2D eigenvalue weighted by atomic mass is 10.1. The van der Waals surface area contributed by atoms with Crippen molar-refractivity contribution in [3.63, 3.8) is 0 Å². The fraction of sp³-hybridized carbons (Fsp3) is 0.722. The number of carbonyl (C=O) groups is 1. The van der Waals surface area contributed by atoms with Crippen LogP contribution in [-0.2, 0) is 4.79 Å². The van der Waals surface area contributed by atoms with Gasteiger partial charge in [0.15, 0.2) is 0 Å². The van der Waals surface area contributed by atoms with E-state index in [1.807, 2.05) is 18.2 Å².